The average Bonchev–Trinajstić information content (AvgIpc) is 2.64. The van der Waals surface area contributed by atoms with Crippen LogP contribution >= 0.6 is 11.6 Å². The number of hydrogen-bond acceptors (Lipinski definition) is 5. The van der Waals surface area contributed by atoms with Crippen LogP contribution in [0.4, 0.5) is 5.69 Å². The van der Waals surface area contributed by atoms with E-state index in [2.05, 4.69) is 5.32 Å². The van der Waals surface area contributed by atoms with E-state index < -0.39 is 22.5 Å². The second-order valence-corrected chi connectivity index (χ2v) is 8.64. The summed E-state index contributed by atoms with van der Waals surface area (Å²) < 4.78 is 31.4. The summed E-state index contributed by atoms with van der Waals surface area (Å²) in [5.74, 6) is -0.329. The third-order valence-electron chi connectivity index (χ3n) is 4.09. The topological polar surface area (TPSA) is 92.8 Å². The van der Waals surface area contributed by atoms with Gasteiger partial charge in [-0.15, -0.1) is 0 Å². The van der Waals surface area contributed by atoms with Crippen molar-refractivity contribution >= 4 is 39.0 Å². The van der Waals surface area contributed by atoms with Crippen LogP contribution in [0.15, 0.2) is 41.3 Å². The highest BCUT2D eigenvalue weighted by molar-refractivity contribution is 7.89. The lowest BCUT2D eigenvalue weighted by atomic mass is 10.2. The zero-order valence-electron chi connectivity index (χ0n) is 15.9. The molecule has 1 N–H and O–H groups in total. The number of carbonyl (C=O) groups is 2. The van der Waals surface area contributed by atoms with Crippen molar-refractivity contribution in [3.63, 3.8) is 0 Å². The highest BCUT2D eigenvalue weighted by Crippen LogP contribution is 2.31. The number of anilines is 1. The molecule has 0 radical (unpaired) electrons. The number of amides is 1. The summed E-state index contributed by atoms with van der Waals surface area (Å²) in [6, 6.07) is 8.77. The van der Waals surface area contributed by atoms with Crippen LogP contribution in [0.1, 0.15) is 22.8 Å². The molecule has 2 aromatic carbocycles. The van der Waals surface area contributed by atoms with E-state index in [1.54, 1.807) is 19.1 Å². The van der Waals surface area contributed by atoms with Crippen LogP contribution in [0.2, 0.25) is 5.02 Å². The molecule has 28 heavy (non-hydrogen) atoms. The first kappa shape index (κ1) is 21.9. The van der Waals surface area contributed by atoms with Crippen LogP contribution in [0, 0.1) is 6.92 Å². The molecule has 0 bridgehead atoms. The number of hydrogen-bond donors (Lipinski definition) is 1. The van der Waals surface area contributed by atoms with Gasteiger partial charge in [-0.25, -0.2) is 8.42 Å². The molecule has 0 unspecified atom stereocenters. The number of carbonyl (C=O) groups excluding carboxylic acids is 2. The van der Waals surface area contributed by atoms with E-state index >= 15 is 0 Å². The quantitative estimate of drug-likeness (QED) is 0.689. The molecule has 0 atom stereocenters. The van der Waals surface area contributed by atoms with E-state index in [1.807, 2.05) is 0 Å². The van der Waals surface area contributed by atoms with E-state index in [0.717, 1.165) is 9.87 Å². The van der Waals surface area contributed by atoms with Crippen LogP contribution in [-0.4, -0.2) is 45.1 Å². The summed E-state index contributed by atoms with van der Waals surface area (Å²) in [6.07, 6.45) is 0. The molecule has 0 saturated carbocycles. The van der Waals surface area contributed by atoms with Gasteiger partial charge in [0.2, 0.25) is 15.9 Å². The maximum atomic E-state index is 12.6. The molecule has 0 saturated heterocycles. The van der Waals surface area contributed by atoms with Crippen LogP contribution in [0.5, 0.6) is 5.75 Å². The van der Waals surface area contributed by atoms with Gasteiger partial charge in [0.05, 0.1) is 24.2 Å². The minimum atomic E-state index is -3.89. The molecule has 0 heterocycles. The van der Waals surface area contributed by atoms with Crippen molar-refractivity contribution in [3.8, 4) is 5.75 Å². The second kappa shape index (κ2) is 8.72. The summed E-state index contributed by atoms with van der Waals surface area (Å²) in [4.78, 5) is 23.7. The molecule has 2 aromatic rings. The fourth-order valence-corrected chi connectivity index (χ4v) is 3.73. The molecule has 9 heteroatoms. The number of likely N-dealkylation sites (N-methyl/N-ethyl adjacent to an activating group) is 1. The highest BCUT2D eigenvalue weighted by atomic mass is 35.5. The van der Waals surface area contributed by atoms with E-state index in [9.17, 15) is 18.0 Å². The monoisotopic (exact) mass is 424 g/mol. The minimum Gasteiger partial charge on any atom is -0.495 e. The van der Waals surface area contributed by atoms with Crippen molar-refractivity contribution < 1.29 is 22.7 Å². The SMILES string of the molecule is COc1cc(Cl)c(C)cc1NC(=O)CN(C)S(=O)(=O)c1ccc(C(C)=O)cc1. The summed E-state index contributed by atoms with van der Waals surface area (Å²) in [5.41, 5.74) is 1.54. The van der Waals surface area contributed by atoms with Gasteiger partial charge in [0.1, 0.15) is 5.75 Å². The normalized spacial score (nSPS) is 11.4. The number of nitrogens with zero attached hydrogens (tertiary/aromatic N) is 1. The molecule has 0 aliphatic heterocycles. The van der Waals surface area contributed by atoms with Crippen molar-refractivity contribution in [2.24, 2.45) is 0 Å². The van der Waals surface area contributed by atoms with Crippen molar-refractivity contribution in [2.75, 3.05) is 26.0 Å². The van der Waals surface area contributed by atoms with E-state index in [0.29, 0.717) is 22.0 Å². The number of aryl methyl sites for hydroxylation is 1. The first-order chi connectivity index (χ1) is 13.1. The Kier molecular flexibility index (Phi) is 6.82. The van der Waals surface area contributed by atoms with Gasteiger partial charge >= 0.3 is 0 Å². The molecule has 0 fully saturated rings. The Morgan fingerprint density at radius 1 is 1.18 bits per heavy atom. The lowest BCUT2D eigenvalue weighted by molar-refractivity contribution is -0.116. The molecular formula is C19H21ClN2O5S. The number of ether oxygens (including phenoxy) is 1. The third kappa shape index (κ3) is 4.89. The Hall–Kier alpha value is -2.42. The zero-order valence-corrected chi connectivity index (χ0v) is 17.5. The third-order valence-corrected chi connectivity index (χ3v) is 6.31. The van der Waals surface area contributed by atoms with Crippen molar-refractivity contribution in [3.05, 3.63) is 52.5 Å². The Labute approximate surface area is 169 Å². The molecular weight excluding hydrogens is 404 g/mol. The fourth-order valence-electron chi connectivity index (χ4n) is 2.45. The van der Waals surface area contributed by atoms with Crippen LogP contribution < -0.4 is 10.1 Å². The summed E-state index contributed by atoms with van der Waals surface area (Å²) >= 11 is 6.04. The molecule has 0 aliphatic carbocycles. The predicted molar refractivity (Wildman–Crippen MR) is 108 cm³/mol. The maximum absolute atomic E-state index is 12.6. The lowest BCUT2D eigenvalue weighted by Crippen LogP contribution is -2.35. The minimum absolute atomic E-state index is 0.00674. The van der Waals surface area contributed by atoms with Crippen LogP contribution in [0.3, 0.4) is 0 Å². The predicted octanol–water partition coefficient (Wildman–Crippen LogP) is 3.12. The van der Waals surface area contributed by atoms with E-state index in [-0.39, 0.29) is 10.7 Å². The van der Waals surface area contributed by atoms with Crippen molar-refractivity contribution in [1.82, 2.24) is 4.31 Å². The van der Waals surface area contributed by atoms with Gasteiger partial charge in [0.25, 0.3) is 0 Å². The van der Waals surface area contributed by atoms with Gasteiger partial charge in [-0.2, -0.15) is 4.31 Å². The Morgan fingerprint density at radius 2 is 1.79 bits per heavy atom. The first-order valence-corrected chi connectivity index (χ1v) is 10.1. The number of nitrogens with one attached hydrogen (secondary N) is 1. The van der Waals surface area contributed by atoms with Gasteiger partial charge in [0.15, 0.2) is 5.78 Å². The Morgan fingerprint density at radius 3 is 2.32 bits per heavy atom. The van der Waals surface area contributed by atoms with Gasteiger partial charge in [0, 0.05) is 23.7 Å². The van der Waals surface area contributed by atoms with Gasteiger partial charge in [-0.1, -0.05) is 23.7 Å². The Balaban J connectivity index is 2.15. The summed E-state index contributed by atoms with van der Waals surface area (Å²) in [7, 11) is -1.14. The smallest absolute Gasteiger partial charge is 0.243 e. The number of methoxy groups -OCH3 is 1. The number of benzene rings is 2. The number of halogens is 1. The number of ketones is 1. The standard InChI is InChI=1S/C19H21ClN2O5S/c1-12-9-17(18(27-4)10-16(12)20)21-19(24)11-22(3)28(25,26)15-7-5-14(6-8-15)13(2)23/h5-10H,11H2,1-4H3,(H,21,24). The molecule has 0 aromatic heterocycles. The van der Waals surface area contributed by atoms with Crippen LogP contribution in [-0.2, 0) is 14.8 Å². The van der Waals surface area contributed by atoms with E-state index in [1.165, 1.54) is 45.3 Å². The number of rotatable bonds is 7. The van der Waals surface area contributed by atoms with Gasteiger partial charge in [-0.3, -0.25) is 9.59 Å². The molecule has 1 amide bonds. The van der Waals surface area contributed by atoms with Gasteiger partial charge < -0.3 is 10.1 Å². The largest absolute Gasteiger partial charge is 0.495 e. The molecule has 0 aliphatic rings. The summed E-state index contributed by atoms with van der Waals surface area (Å²) in [5, 5.41) is 3.12. The molecule has 7 nitrogen and oxygen atoms in total. The summed E-state index contributed by atoms with van der Waals surface area (Å²) in [6.45, 7) is 2.77. The molecule has 150 valence electrons. The second-order valence-electron chi connectivity index (χ2n) is 6.19. The van der Waals surface area contributed by atoms with Crippen molar-refractivity contribution in [2.45, 2.75) is 18.7 Å². The first-order valence-electron chi connectivity index (χ1n) is 8.27. The maximum Gasteiger partial charge on any atom is 0.243 e. The fraction of sp³-hybridized carbons (Fsp3) is 0.263. The molecule has 2 rings (SSSR count). The van der Waals surface area contributed by atoms with Crippen LogP contribution in [0.25, 0.3) is 0 Å². The number of Topliss-reactive ketones (excluding diaryl/α,β-unsaturated/α-hetero) is 1. The zero-order chi connectivity index (χ0) is 21.1. The average molecular weight is 425 g/mol. The van der Waals surface area contributed by atoms with Crippen molar-refractivity contribution in [1.29, 1.82) is 0 Å². The number of sulfonamides is 1. The molecule has 0 spiro atoms. The highest BCUT2D eigenvalue weighted by Gasteiger charge is 2.23. The van der Waals surface area contributed by atoms with E-state index in [4.69, 9.17) is 16.3 Å². The Bertz CT molecular complexity index is 1000. The van der Waals surface area contributed by atoms with Gasteiger partial charge in [-0.05, 0) is 37.6 Å². The lowest BCUT2D eigenvalue weighted by Gasteiger charge is -2.18.